The summed E-state index contributed by atoms with van der Waals surface area (Å²) in [4.78, 5) is 26.3. The summed E-state index contributed by atoms with van der Waals surface area (Å²) >= 11 is 4.65. The molecule has 2 amide bonds. The maximum Gasteiger partial charge on any atom is 0.243 e. The molecule has 1 aliphatic rings. The number of hydrogen-bond donors (Lipinski definition) is 7. The normalized spacial score (nSPS) is 23.0. The van der Waals surface area contributed by atoms with E-state index in [1.165, 1.54) is 96.3 Å². The minimum Gasteiger partial charge on any atom is -0.394 e. The molecule has 0 aromatic rings. The molecule has 1 unspecified atom stereocenters. The molecule has 1 saturated heterocycles. The van der Waals surface area contributed by atoms with Gasteiger partial charge in [0, 0.05) is 13.0 Å². The SMILES string of the molecule is CCCCCCCCCCCCCCNC(=O)[C@@H](NC(=O)CCCCCCCCCCC)C(S)[C@@H]1O[C@H](CO)[C@H](O)[C@H](O)[C@H]1N. The fraction of sp³-hybridized carbons (Fsp3) is 0.943. The molecule has 45 heavy (non-hydrogen) atoms. The first-order valence-electron chi connectivity index (χ1n) is 18.4. The van der Waals surface area contributed by atoms with Crippen LogP contribution >= 0.6 is 12.6 Å². The Morgan fingerprint density at radius 1 is 0.733 bits per heavy atom. The zero-order valence-corrected chi connectivity index (χ0v) is 29.5. The minimum atomic E-state index is -1.36. The highest BCUT2D eigenvalue weighted by molar-refractivity contribution is 7.81. The van der Waals surface area contributed by atoms with Crippen molar-refractivity contribution in [2.24, 2.45) is 5.73 Å². The first-order chi connectivity index (χ1) is 21.8. The summed E-state index contributed by atoms with van der Waals surface area (Å²) in [5, 5.41) is 35.2. The second kappa shape index (κ2) is 27.1. The first kappa shape index (κ1) is 42.1. The fourth-order valence-electron chi connectivity index (χ4n) is 6.10. The van der Waals surface area contributed by atoms with Gasteiger partial charge in [-0.1, -0.05) is 136 Å². The molecular weight excluding hydrogens is 590 g/mol. The lowest BCUT2D eigenvalue weighted by Gasteiger charge is -2.44. The van der Waals surface area contributed by atoms with Crippen molar-refractivity contribution in [2.75, 3.05) is 13.2 Å². The molecule has 0 spiro atoms. The zero-order valence-electron chi connectivity index (χ0n) is 28.6. The van der Waals surface area contributed by atoms with Crippen molar-refractivity contribution in [3.8, 4) is 0 Å². The standard InChI is InChI=1S/C35H69N3O6S/c1-3-5-7-9-11-13-14-15-17-19-21-23-25-37-35(43)30(34(45)33-29(36)32(42)31(41)27(26-39)44-33)38-28(40)24-22-20-18-16-12-10-8-6-4-2/h27,29-34,39,41-42,45H,3-26,36H2,1-2H3,(H,37,43)(H,38,40)/t27-,29-,30+,31+,32-,33-,34?/m1/s1. The molecule has 266 valence electrons. The number of carbonyl (C=O) groups is 2. The van der Waals surface area contributed by atoms with Gasteiger partial charge in [-0.15, -0.1) is 0 Å². The van der Waals surface area contributed by atoms with Gasteiger partial charge in [-0.25, -0.2) is 0 Å². The summed E-state index contributed by atoms with van der Waals surface area (Å²) in [5.74, 6) is -0.623. The van der Waals surface area contributed by atoms with E-state index in [0.717, 1.165) is 38.5 Å². The number of thiol groups is 1. The number of unbranched alkanes of at least 4 members (excludes halogenated alkanes) is 19. The van der Waals surface area contributed by atoms with Gasteiger partial charge in [0.25, 0.3) is 0 Å². The predicted molar refractivity (Wildman–Crippen MR) is 186 cm³/mol. The van der Waals surface area contributed by atoms with Gasteiger partial charge in [0.15, 0.2) is 0 Å². The molecule has 1 heterocycles. The number of nitrogens with one attached hydrogen (secondary N) is 2. The number of amides is 2. The van der Waals surface area contributed by atoms with Crippen LogP contribution in [0.5, 0.6) is 0 Å². The molecule has 7 N–H and O–H groups in total. The molecule has 1 fully saturated rings. The summed E-state index contributed by atoms with van der Waals surface area (Å²) < 4.78 is 5.80. The third-order valence-corrected chi connectivity index (χ3v) is 9.72. The largest absolute Gasteiger partial charge is 0.394 e. The maximum absolute atomic E-state index is 13.4. The van der Waals surface area contributed by atoms with E-state index < -0.39 is 48.4 Å². The van der Waals surface area contributed by atoms with Crippen LogP contribution < -0.4 is 16.4 Å². The highest BCUT2D eigenvalue weighted by Crippen LogP contribution is 2.26. The van der Waals surface area contributed by atoms with Crippen molar-refractivity contribution in [1.82, 2.24) is 10.6 Å². The van der Waals surface area contributed by atoms with Crippen LogP contribution in [0.1, 0.15) is 155 Å². The molecule has 0 aliphatic carbocycles. The highest BCUT2D eigenvalue weighted by atomic mass is 32.1. The molecule has 10 heteroatoms. The molecule has 9 nitrogen and oxygen atoms in total. The molecular formula is C35H69N3O6S. The van der Waals surface area contributed by atoms with Gasteiger partial charge < -0.3 is 36.4 Å². The number of hydrogen-bond acceptors (Lipinski definition) is 8. The minimum absolute atomic E-state index is 0.244. The lowest BCUT2D eigenvalue weighted by molar-refractivity contribution is -0.189. The van der Waals surface area contributed by atoms with Crippen molar-refractivity contribution >= 4 is 24.4 Å². The van der Waals surface area contributed by atoms with Crippen molar-refractivity contribution < 1.29 is 29.6 Å². The maximum atomic E-state index is 13.4. The van der Waals surface area contributed by atoms with Crippen LogP contribution in [0, 0.1) is 0 Å². The van der Waals surface area contributed by atoms with Crippen molar-refractivity contribution in [2.45, 2.75) is 197 Å². The average molecular weight is 660 g/mol. The van der Waals surface area contributed by atoms with Crippen LogP contribution in [0.3, 0.4) is 0 Å². The molecule has 0 saturated carbocycles. The van der Waals surface area contributed by atoms with Gasteiger partial charge in [0.1, 0.15) is 24.4 Å². The van der Waals surface area contributed by atoms with Gasteiger partial charge in [-0.2, -0.15) is 12.6 Å². The number of rotatable bonds is 28. The number of aliphatic hydroxyl groups is 3. The Labute approximate surface area is 280 Å². The van der Waals surface area contributed by atoms with E-state index in [0.29, 0.717) is 13.0 Å². The van der Waals surface area contributed by atoms with E-state index in [2.05, 4.69) is 37.1 Å². The number of carbonyl (C=O) groups excluding carboxylic acids is 2. The van der Waals surface area contributed by atoms with E-state index in [4.69, 9.17) is 10.5 Å². The van der Waals surface area contributed by atoms with Crippen LogP contribution in [-0.2, 0) is 14.3 Å². The Hall–Kier alpha value is -0.910. The summed E-state index contributed by atoms with van der Waals surface area (Å²) in [7, 11) is 0. The third kappa shape index (κ3) is 18.3. The van der Waals surface area contributed by atoms with E-state index in [9.17, 15) is 24.9 Å². The zero-order chi connectivity index (χ0) is 33.3. The number of aliphatic hydroxyl groups excluding tert-OH is 3. The van der Waals surface area contributed by atoms with Gasteiger partial charge in [0.05, 0.1) is 24.0 Å². The summed E-state index contributed by atoms with van der Waals surface area (Å²) in [5.41, 5.74) is 6.18. The number of nitrogens with two attached hydrogens (primary N) is 1. The Kier molecular flexibility index (Phi) is 25.3. The molecule has 0 radical (unpaired) electrons. The molecule has 0 bridgehead atoms. The van der Waals surface area contributed by atoms with E-state index in [1.807, 2.05) is 0 Å². The summed E-state index contributed by atoms with van der Waals surface area (Å²) in [6, 6.07) is -2.10. The fourth-order valence-corrected chi connectivity index (χ4v) is 6.58. The van der Waals surface area contributed by atoms with Crippen molar-refractivity contribution in [3.63, 3.8) is 0 Å². The quantitative estimate of drug-likeness (QED) is 0.0443. The van der Waals surface area contributed by atoms with E-state index in [-0.39, 0.29) is 11.8 Å². The third-order valence-electron chi connectivity index (χ3n) is 9.13. The first-order valence-corrected chi connectivity index (χ1v) is 18.9. The van der Waals surface area contributed by atoms with E-state index in [1.54, 1.807) is 0 Å². The molecule has 1 rings (SSSR count). The second-order valence-electron chi connectivity index (χ2n) is 13.2. The number of ether oxygens (including phenoxy) is 1. The Balaban J connectivity index is 2.54. The van der Waals surface area contributed by atoms with Gasteiger partial charge in [0.2, 0.25) is 11.8 Å². The van der Waals surface area contributed by atoms with Crippen LogP contribution in [0.4, 0.5) is 0 Å². The van der Waals surface area contributed by atoms with Crippen LogP contribution in [-0.4, -0.2) is 82.0 Å². The van der Waals surface area contributed by atoms with Crippen LogP contribution in [0.2, 0.25) is 0 Å². The second-order valence-corrected chi connectivity index (χ2v) is 13.8. The Morgan fingerprint density at radius 2 is 1.18 bits per heavy atom. The predicted octanol–water partition coefficient (Wildman–Crippen LogP) is 5.32. The molecule has 0 aromatic heterocycles. The summed E-state index contributed by atoms with van der Waals surface area (Å²) in [6.45, 7) is 4.42. The molecule has 1 aliphatic heterocycles. The Morgan fingerprint density at radius 3 is 1.64 bits per heavy atom. The lowest BCUT2D eigenvalue weighted by atomic mass is 9.89. The van der Waals surface area contributed by atoms with Crippen molar-refractivity contribution in [3.05, 3.63) is 0 Å². The van der Waals surface area contributed by atoms with Crippen molar-refractivity contribution in [1.29, 1.82) is 0 Å². The topological polar surface area (TPSA) is 154 Å². The van der Waals surface area contributed by atoms with Crippen LogP contribution in [0.25, 0.3) is 0 Å². The van der Waals surface area contributed by atoms with Gasteiger partial charge in [-0.05, 0) is 12.8 Å². The molecule has 0 aromatic carbocycles. The highest BCUT2D eigenvalue weighted by Gasteiger charge is 2.47. The lowest BCUT2D eigenvalue weighted by Crippen LogP contribution is -2.67. The van der Waals surface area contributed by atoms with E-state index >= 15 is 0 Å². The molecule has 7 atom stereocenters. The van der Waals surface area contributed by atoms with Gasteiger partial charge in [-0.3, -0.25) is 9.59 Å². The van der Waals surface area contributed by atoms with Gasteiger partial charge >= 0.3 is 0 Å². The monoisotopic (exact) mass is 659 g/mol. The van der Waals surface area contributed by atoms with Crippen LogP contribution in [0.15, 0.2) is 0 Å². The Bertz CT molecular complexity index is 746. The average Bonchev–Trinajstić information content (AvgIpc) is 3.03. The summed E-state index contributed by atoms with van der Waals surface area (Å²) in [6.07, 6.45) is 20.6. The smallest absolute Gasteiger partial charge is 0.243 e.